The van der Waals surface area contributed by atoms with Gasteiger partial charge in [0.15, 0.2) is 5.11 Å². The number of amides is 2. The van der Waals surface area contributed by atoms with Gasteiger partial charge in [0.1, 0.15) is 10.6 Å². The number of pyridine rings is 2. The number of hydrogen-bond donors (Lipinski definition) is 1. The Morgan fingerprint density at radius 2 is 1.86 bits per heavy atom. The average Bonchev–Trinajstić information content (AvgIpc) is 3.19. The van der Waals surface area contributed by atoms with Crippen LogP contribution in [-0.4, -0.2) is 38.8 Å². The fourth-order valence-electron chi connectivity index (χ4n) is 2.81. The zero-order valence-corrected chi connectivity index (χ0v) is 16.9. The third-order valence-electron chi connectivity index (χ3n) is 4.25. The summed E-state index contributed by atoms with van der Waals surface area (Å²) in [5.41, 5.74) is 1.85. The SMILES string of the molecule is CN1C(=O)/C(=C/c2ccc(N(c3ccncc3)c3cccnc3)s2)C(=O)NC1=S. The molecule has 0 aromatic carbocycles. The minimum absolute atomic E-state index is 0.0475. The number of hydrogen-bond acceptors (Lipinski definition) is 7. The van der Waals surface area contributed by atoms with Gasteiger partial charge in [-0.2, -0.15) is 0 Å². The number of thiophene rings is 1. The molecular formula is C20H15N5O2S2. The molecule has 1 N–H and O–H groups in total. The largest absolute Gasteiger partial charge is 0.300 e. The van der Waals surface area contributed by atoms with Gasteiger partial charge in [0, 0.05) is 30.5 Å². The van der Waals surface area contributed by atoms with Crippen LogP contribution in [0.1, 0.15) is 4.88 Å². The second-order valence-electron chi connectivity index (χ2n) is 6.11. The summed E-state index contributed by atoms with van der Waals surface area (Å²) in [6.07, 6.45) is 8.51. The molecule has 0 aliphatic carbocycles. The van der Waals surface area contributed by atoms with Gasteiger partial charge >= 0.3 is 0 Å². The number of carbonyl (C=O) groups is 2. The van der Waals surface area contributed by atoms with E-state index in [1.165, 1.54) is 23.3 Å². The lowest BCUT2D eigenvalue weighted by Gasteiger charge is -2.24. The molecule has 3 aromatic rings. The zero-order valence-electron chi connectivity index (χ0n) is 15.3. The predicted molar refractivity (Wildman–Crippen MR) is 116 cm³/mol. The number of nitrogens with one attached hydrogen (secondary N) is 1. The molecule has 0 saturated carbocycles. The zero-order chi connectivity index (χ0) is 20.4. The Labute approximate surface area is 176 Å². The third kappa shape index (κ3) is 3.78. The summed E-state index contributed by atoms with van der Waals surface area (Å²) in [6, 6.07) is 11.4. The summed E-state index contributed by atoms with van der Waals surface area (Å²) < 4.78 is 0. The number of likely N-dealkylation sites (N-methyl/N-ethyl adjacent to an activating group) is 1. The fourth-order valence-corrected chi connectivity index (χ4v) is 3.98. The van der Waals surface area contributed by atoms with Crippen molar-refractivity contribution in [3.63, 3.8) is 0 Å². The molecule has 9 heteroatoms. The second kappa shape index (κ2) is 7.90. The molecule has 144 valence electrons. The van der Waals surface area contributed by atoms with Crippen molar-refractivity contribution in [1.29, 1.82) is 0 Å². The first-order valence-electron chi connectivity index (χ1n) is 8.59. The summed E-state index contributed by atoms with van der Waals surface area (Å²) >= 11 is 6.43. The molecule has 0 bridgehead atoms. The highest BCUT2D eigenvalue weighted by molar-refractivity contribution is 7.80. The highest BCUT2D eigenvalue weighted by Gasteiger charge is 2.31. The van der Waals surface area contributed by atoms with Gasteiger partial charge in [-0.3, -0.25) is 29.8 Å². The number of carbonyl (C=O) groups excluding carboxylic acids is 2. The molecule has 1 saturated heterocycles. The molecule has 1 fully saturated rings. The molecule has 2 amide bonds. The topological polar surface area (TPSA) is 78.4 Å². The summed E-state index contributed by atoms with van der Waals surface area (Å²) in [4.78, 5) is 37.0. The minimum atomic E-state index is -0.494. The van der Waals surface area contributed by atoms with Crippen LogP contribution in [0.3, 0.4) is 0 Å². The van der Waals surface area contributed by atoms with Crippen LogP contribution in [0.15, 0.2) is 66.8 Å². The maximum absolute atomic E-state index is 12.4. The fraction of sp³-hybridized carbons (Fsp3) is 0.0500. The summed E-state index contributed by atoms with van der Waals surface area (Å²) in [5, 5.41) is 3.53. The predicted octanol–water partition coefficient (Wildman–Crippen LogP) is 3.26. The van der Waals surface area contributed by atoms with Gasteiger partial charge < -0.3 is 4.90 Å². The van der Waals surface area contributed by atoms with E-state index in [0.717, 1.165) is 21.3 Å². The highest BCUT2D eigenvalue weighted by Crippen LogP contribution is 2.38. The van der Waals surface area contributed by atoms with Crippen molar-refractivity contribution in [3.8, 4) is 0 Å². The monoisotopic (exact) mass is 421 g/mol. The first kappa shape index (κ1) is 18.9. The van der Waals surface area contributed by atoms with E-state index in [1.54, 1.807) is 30.9 Å². The van der Waals surface area contributed by atoms with E-state index in [-0.39, 0.29) is 10.7 Å². The Morgan fingerprint density at radius 3 is 2.59 bits per heavy atom. The van der Waals surface area contributed by atoms with Gasteiger partial charge in [0.2, 0.25) is 0 Å². The Hall–Kier alpha value is -3.43. The molecule has 1 aliphatic heterocycles. The average molecular weight is 422 g/mol. The van der Waals surface area contributed by atoms with Crippen LogP contribution in [0.2, 0.25) is 0 Å². The van der Waals surface area contributed by atoms with E-state index in [4.69, 9.17) is 12.2 Å². The first-order chi connectivity index (χ1) is 14.0. The van der Waals surface area contributed by atoms with E-state index in [9.17, 15) is 9.59 Å². The molecular weight excluding hydrogens is 406 g/mol. The van der Waals surface area contributed by atoms with Crippen molar-refractivity contribution < 1.29 is 9.59 Å². The van der Waals surface area contributed by atoms with Gasteiger partial charge in [-0.15, -0.1) is 11.3 Å². The van der Waals surface area contributed by atoms with Crippen molar-refractivity contribution in [1.82, 2.24) is 20.2 Å². The van der Waals surface area contributed by atoms with Crippen molar-refractivity contribution in [2.24, 2.45) is 0 Å². The normalized spacial score (nSPS) is 15.6. The standard InChI is InChI=1S/C20H15N5O2S2/c1-24-19(27)16(18(26)23-20(24)28)11-15-4-5-17(29-15)25(13-6-9-21-10-7-13)14-3-2-8-22-12-14/h2-12H,1H3,(H,23,26,28)/b16-11+. The van der Waals surface area contributed by atoms with Crippen molar-refractivity contribution >= 4 is 62.9 Å². The van der Waals surface area contributed by atoms with Crippen LogP contribution in [-0.2, 0) is 9.59 Å². The Morgan fingerprint density at radius 1 is 1.07 bits per heavy atom. The van der Waals surface area contributed by atoms with E-state index < -0.39 is 11.8 Å². The van der Waals surface area contributed by atoms with Crippen molar-refractivity contribution in [2.45, 2.75) is 0 Å². The molecule has 29 heavy (non-hydrogen) atoms. The van der Waals surface area contributed by atoms with Crippen LogP contribution >= 0.6 is 23.6 Å². The van der Waals surface area contributed by atoms with Gasteiger partial charge in [-0.25, -0.2) is 0 Å². The molecule has 7 nitrogen and oxygen atoms in total. The van der Waals surface area contributed by atoms with Gasteiger partial charge in [-0.1, -0.05) is 0 Å². The number of aromatic nitrogens is 2. The van der Waals surface area contributed by atoms with Crippen LogP contribution in [0, 0.1) is 0 Å². The molecule has 0 unspecified atom stereocenters. The molecule has 0 radical (unpaired) electrons. The van der Waals surface area contributed by atoms with Crippen LogP contribution in [0.5, 0.6) is 0 Å². The number of thiocarbonyl (C=S) groups is 1. The van der Waals surface area contributed by atoms with Crippen LogP contribution in [0.25, 0.3) is 6.08 Å². The lowest BCUT2D eigenvalue weighted by molar-refractivity contribution is -0.128. The molecule has 1 aliphatic rings. The smallest absolute Gasteiger partial charge is 0.265 e. The molecule has 0 atom stereocenters. The van der Waals surface area contributed by atoms with E-state index >= 15 is 0 Å². The molecule has 4 rings (SSSR count). The molecule has 3 aromatic heterocycles. The number of rotatable bonds is 4. The molecule has 4 heterocycles. The lowest BCUT2D eigenvalue weighted by atomic mass is 10.1. The van der Waals surface area contributed by atoms with Crippen LogP contribution in [0.4, 0.5) is 16.4 Å². The number of nitrogens with zero attached hydrogens (tertiary/aromatic N) is 4. The Balaban J connectivity index is 1.72. The van der Waals surface area contributed by atoms with Gasteiger partial charge in [0.05, 0.1) is 17.6 Å². The van der Waals surface area contributed by atoms with E-state index in [1.807, 2.05) is 41.3 Å². The summed E-state index contributed by atoms with van der Waals surface area (Å²) in [5.74, 6) is -0.918. The van der Waals surface area contributed by atoms with E-state index in [2.05, 4.69) is 15.3 Å². The second-order valence-corrected chi connectivity index (χ2v) is 7.59. The maximum atomic E-state index is 12.4. The number of anilines is 3. The maximum Gasteiger partial charge on any atom is 0.265 e. The lowest BCUT2D eigenvalue weighted by Crippen LogP contribution is -2.52. The third-order valence-corrected chi connectivity index (χ3v) is 5.64. The Bertz CT molecular complexity index is 1070. The van der Waals surface area contributed by atoms with Crippen molar-refractivity contribution in [2.75, 3.05) is 11.9 Å². The van der Waals surface area contributed by atoms with E-state index in [0.29, 0.717) is 0 Å². The first-order valence-corrected chi connectivity index (χ1v) is 9.82. The quantitative estimate of drug-likeness (QED) is 0.396. The van der Waals surface area contributed by atoms with Gasteiger partial charge in [0.25, 0.3) is 11.8 Å². The van der Waals surface area contributed by atoms with Crippen molar-refractivity contribution in [3.05, 3.63) is 71.6 Å². The Kier molecular flexibility index (Phi) is 5.15. The summed E-state index contributed by atoms with van der Waals surface area (Å²) in [7, 11) is 1.53. The minimum Gasteiger partial charge on any atom is -0.300 e. The highest BCUT2D eigenvalue weighted by atomic mass is 32.1. The van der Waals surface area contributed by atoms with Crippen LogP contribution < -0.4 is 10.2 Å². The molecule has 0 spiro atoms. The van der Waals surface area contributed by atoms with Gasteiger partial charge in [-0.05, 0) is 54.7 Å². The summed E-state index contributed by atoms with van der Waals surface area (Å²) in [6.45, 7) is 0.